The Labute approximate surface area is 140 Å². The largest absolute Gasteiger partial charge is 0.476 e. The zero-order valence-corrected chi connectivity index (χ0v) is 13.8. The van der Waals surface area contributed by atoms with Gasteiger partial charge in [0.25, 0.3) is 5.91 Å². The molecule has 1 heterocycles. The third-order valence-electron chi connectivity index (χ3n) is 4.30. The molecule has 6 nitrogen and oxygen atoms in total. The number of carbonyl (C=O) groups is 2. The molecule has 1 atom stereocenters. The fourth-order valence-corrected chi connectivity index (χ4v) is 3.01. The first-order chi connectivity index (χ1) is 11.5. The van der Waals surface area contributed by atoms with Gasteiger partial charge in [-0.05, 0) is 51.1 Å². The Hall–Kier alpha value is -2.60. The maximum Gasteiger partial charge on any atom is 0.251 e. The van der Waals surface area contributed by atoms with E-state index in [1.807, 2.05) is 42.8 Å². The number of primary amides is 1. The number of hydrogen-bond donors (Lipinski definition) is 2. The summed E-state index contributed by atoms with van der Waals surface area (Å²) in [7, 11) is 1.83. The molecule has 0 saturated heterocycles. The number of nitrogens with two attached hydrogens (primary N) is 1. The second-order valence-electron chi connectivity index (χ2n) is 5.92. The van der Waals surface area contributed by atoms with Crippen LogP contribution in [0, 0.1) is 0 Å². The molecule has 6 heteroatoms. The number of hydrogen-bond acceptors (Lipinski definition) is 4. The van der Waals surface area contributed by atoms with Gasteiger partial charge in [0.1, 0.15) is 12.0 Å². The van der Waals surface area contributed by atoms with Gasteiger partial charge >= 0.3 is 0 Å². The highest BCUT2D eigenvalue weighted by Gasteiger charge is 2.27. The third-order valence-corrected chi connectivity index (χ3v) is 4.30. The lowest BCUT2D eigenvalue weighted by molar-refractivity contribution is 0.0950. The molecule has 2 aromatic rings. The topological polar surface area (TPSA) is 86.3 Å². The average molecular weight is 327 g/mol. The molecule has 1 unspecified atom stereocenters. The van der Waals surface area contributed by atoms with Crippen LogP contribution in [0.15, 0.2) is 30.5 Å². The predicted molar refractivity (Wildman–Crippen MR) is 90.7 cm³/mol. The summed E-state index contributed by atoms with van der Waals surface area (Å²) in [5.41, 5.74) is 7.97. The predicted octanol–water partition coefficient (Wildman–Crippen LogP) is 2.04. The van der Waals surface area contributed by atoms with Crippen LogP contribution in [0.3, 0.4) is 0 Å². The number of benzene rings is 1. The minimum Gasteiger partial charge on any atom is -0.476 e. The van der Waals surface area contributed by atoms with Crippen LogP contribution in [0.1, 0.15) is 46.2 Å². The van der Waals surface area contributed by atoms with Crippen LogP contribution >= 0.6 is 0 Å². The Morgan fingerprint density at radius 3 is 2.62 bits per heavy atom. The van der Waals surface area contributed by atoms with E-state index < -0.39 is 5.91 Å². The Kier molecular flexibility index (Phi) is 4.40. The summed E-state index contributed by atoms with van der Waals surface area (Å²) in [6.07, 6.45) is 3.58. The zero-order chi connectivity index (χ0) is 17.3. The lowest BCUT2D eigenvalue weighted by Gasteiger charge is -2.16. The zero-order valence-electron chi connectivity index (χ0n) is 13.8. The Morgan fingerprint density at radius 1 is 1.29 bits per heavy atom. The van der Waals surface area contributed by atoms with Crippen molar-refractivity contribution in [2.75, 3.05) is 7.05 Å². The van der Waals surface area contributed by atoms with E-state index in [4.69, 9.17) is 10.5 Å². The quantitative estimate of drug-likeness (QED) is 0.823. The average Bonchev–Trinajstić information content (AvgIpc) is 2.97. The van der Waals surface area contributed by atoms with E-state index in [-0.39, 0.29) is 12.0 Å². The number of Topliss-reactive ketones (excluding diaryl/α,β-unsaturated/α-hetero) is 1. The molecule has 0 radical (unpaired) electrons. The highest BCUT2D eigenvalue weighted by atomic mass is 16.5. The maximum atomic E-state index is 12.2. The van der Waals surface area contributed by atoms with Gasteiger partial charge in [0, 0.05) is 24.0 Å². The number of rotatable bonds is 5. The van der Waals surface area contributed by atoms with E-state index in [0.29, 0.717) is 17.5 Å². The van der Waals surface area contributed by atoms with Crippen molar-refractivity contribution < 1.29 is 14.3 Å². The molecule has 0 fully saturated rings. The molecule has 24 heavy (non-hydrogen) atoms. The molecule has 0 spiro atoms. The van der Waals surface area contributed by atoms with Gasteiger partial charge in [-0.1, -0.05) is 0 Å². The molecule has 1 aliphatic carbocycles. The molecule has 1 aromatic heterocycles. The SMILES string of the molecule is CNC(C)Oc1ccc(-n2cc(C(N)=O)c3c2CCCC3=O)cc1. The summed E-state index contributed by atoms with van der Waals surface area (Å²) in [6, 6.07) is 7.54. The first kappa shape index (κ1) is 16.3. The van der Waals surface area contributed by atoms with Crippen LogP contribution in [0.2, 0.25) is 0 Å². The number of fused-ring (bicyclic) bond motifs is 1. The van der Waals surface area contributed by atoms with Gasteiger partial charge in [0.05, 0.1) is 11.1 Å². The van der Waals surface area contributed by atoms with Crippen molar-refractivity contribution in [3.8, 4) is 11.4 Å². The van der Waals surface area contributed by atoms with Gasteiger partial charge in [0.2, 0.25) is 0 Å². The van der Waals surface area contributed by atoms with E-state index >= 15 is 0 Å². The second kappa shape index (κ2) is 6.49. The summed E-state index contributed by atoms with van der Waals surface area (Å²) in [6.45, 7) is 1.92. The summed E-state index contributed by atoms with van der Waals surface area (Å²) in [5, 5.41) is 3.00. The van der Waals surface area contributed by atoms with E-state index in [0.717, 1.165) is 30.0 Å². The molecule has 0 bridgehead atoms. The Morgan fingerprint density at radius 2 is 2.00 bits per heavy atom. The maximum absolute atomic E-state index is 12.2. The molecule has 1 aromatic carbocycles. The molecule has 3 N–H and O–H groups in total. The Bertz CT molecular complexity index is 778. The van der Waals surface area contributed by atoms with Crippen LogP contribution in [-0.4, -0.2) is 29.5 Å². The van der Waals surface area contributed by atoms with E-state index in [2.05, 4.69) is 5.32 Å². The van der Waals surface area contributed by atoms with Gasteiger partial charge in [-0.25, -0.2) is 0 Å². The smallest absolute Gasteiger partial charge is 0.251 e. The summed E-state index contributed by atoms with van der Waals surface area (Å²) >= 11 is 0. The number of ketones is 1. The van der Waals surface area contributed by atoms with Crippen LogP contribution in [0.5, 0.6) is 5.75 Å². The van der Waals surface area contributed by atoms with E-state index in [1.54, 1.807) is 6.20 Å². The fraction of sp³-hybridized carbons (Fsp3) is 0.333. The second-order valence-corrected chi connectivity index (χ2v) is 5.92. The minimum atomic E-state index is -0.567. The van der Waals surface area contributed by atoms with Crippen LogP contribution in [-0.2, 0) is 6.42 Å². The lowest BCUT2D eigenvalue weighted by Crippen LogP contribution is -2.27. The number of ether oxygens (including phenoxy) is 1. The first-order valence-corrected chi connectivity index (χ1v) is 8.03. The van der Waals surface area contributed by atoms with Crippen molar-refractivity contribution in [2.45, 2.75) is 32.4 Å². The monoisotopic (exact) mass is 327 g/mol. The highest BCUT2D eigenvalue weighted by Crippen LogP contribution is 2.29. The van der Waals surface area contributed by atoms with Crippen molar-refractivity contribution in [1.82, 2.24) is 9.88 Å². The molecule has 1 aliphatic rings. The van der Waals surface area contributed by atoms with Crippen molar-refractivity contribution in [1.29, 1.82) is 0 Å². The highest BCUT2D eigenvalue weighted by molar-refractivity contribution is 6.09. The number of carbonyl (C=O) groups excluding carboxylic acids is 2. The number of amides is 1. The standard InChI is InChI=1S/C18H21N3O3/c1-11(20-2)24-13-8-6-12(7-9-13)21-10-14(18(19)23)17-15(21)4-3-5-16(17)22/h6-11,20H,3-5H2,1-2H3,(H2,19,23). The summed E-state index contributed by atoms with van der Waals surface area (Å²) in [4.78, 5) is 23.9. The van der Waals surface area contributed by atoms with Crippen molar-refractivity contribution >= 4 is 11.7 Å². The number of nitrogens with one attached hydrogen (secondary N) is 1. The normalized spacial score (nSPS) is 15.0. The van der Waals surface area contributed by atoms with Gasteiger partial charge in [-0.15, -0.1) is 0 Å². The Balaban J connectivity index is 1.99. The molecular weight excluding hydrogens is 306 g/mol. The summed E-state index contributed by atoms with van der Waals surface area (Å²) < 4.78 is 7.57. The van der Waals surface area contributed by atoms with Crippen LogP contribution < -0.4 is 15.8 Å². The van der Waals surface area contributed by atoms with E-state index in [9.17, 15) is 9.59 Å². The minimum absolute atomic E-state index is 0.00778. The first-order valence-electron chi connectivity index (χ1n) is 8.03. The number of aromatic nitrogens is 1. The van der Waals surface area contributed by atoms with Crippen molar-refractivity contribution in [3.05, 3.63) is 47.3 Å². The molecule has 0 saturated carbocycles. The van der Waals surface area contributed by atoms with Crippen molar-refractivity contribution in [3.63, 3.8) is 0 Å². The molecule has 3 rings (SSSR count). The fourth-order valence-electron chi connectivity index (χ4n) is 3.01. The van der Waals surface area contributed by atoms with Gasteiger partial charge in [-0.2, -0.15) is 0 Å². The third kappa shape index (κ3) is 2.92. The molecule has 0 aliphatic heterocycles. The van der Waals surface area contributed by atoms with E-state index in [1.165, 1.54) is 0 Å². The van der Waals surface area contributed by atoms with Crippen LogP contribution in [0.4, 0.5) is 0 Å². The molecule has 1 amide bonds. The number of nitrogens with zero attached hydrogens (tertiary/aromatic N) is 1. The molecule has 126 valence electrons. The molecular formula is C18H21N3O3. The van der Waals surface area contributed by atoms with Gasteiger partial charge in [-0.3, -0.25) is 14.9 Å². The summed E-state index contributed by atoms with van der Waals surface area (Å²) in [5.74, 6) is 0.169. The van der Waals surface area contributed by atoms with Gasteiger partial charge < -0.3 is 15.0 Å². The van der Waals surface area contributed by atoms with Crippen LogP contribution in [0.25, 0.3) is 5.69 Å². The van der Waals surface area contributed by atoms with Crippen molar-refractivity contribution in [2.24, 2.45) is 5.73 Å². The lowest BCUT2D eigenvalue weighted by atomic mass is 9.93. The van der Waals surface area contributed by atoms with Gasteiger partial charge in [0.15, 0.2) is 5.78 Å².